The molecule has 3 aliphatic heterocycles. The van der Waals surface area contributed by atoms with Crippen molar-refractivity contribution in [2.75, 3.05) is 18.5 Å². The van der Waals surface area contributed by atoms with Gasteiger partial charge in [-0.25, -0.2) is 0 Å². The fraction of sp³-hybridized carbons (Fsp3) is 0.552. The number of ether oxygens (including phenoxy) is 1. The molecule has 3 N–H and O–H groups in total. The molecule has 1 spiro atoms. The molecule has 0 aromatic heterocycles. The van der Waals surface area contributed by atoms with Crippen LogP contribution >= 0.6 is 0 Å². The lowest BCUT2D eigenvalue weighted by Crippen LogP contribution is -2.56. The number of rotatable bonds is 8. The summed E-state index contributed by atoms with van der Waals surface area (Å²) in [6, 6.07) is 12.1. The van der Waals surface area contributed by atoms with Crippen LogP contribution in [0.5, 0.6) is 0 Å². The highest BCUT2D eigenvalue weighted by Crippen LogP contribution is 2.65. The van der Waals surface area contributed by atoms with Gasteiger partial charge in [-0.15, -0.1) is 0 Å². The molecule has 8 nitrogen and oxygen atoms in total. The topological polar surface area (TPSA) is 108 Å². The van der Waals surface area contributed by atoms with Crippen molar-refractivity contribution in [1.82, 2.24) is 10.2 Å². The maximum absolute atomic E-state index is 14.1. The van der Waals surface area contributed by atoms with E-state index >= 15 is 0 Å². The number of carbonyl (C=O) groups is 3. The van der Waals surface area contributed by atoms with Crippen LogP contribution in [-0.2, 0) is 19.1 Å². The zero-order chi connectivity index (χ0) is 26.5. The maximum Gasteiger partial charge on any atom is 0.250 e. The van der Waals surface area contributed by atoms with Crippen molar-refractivity contribution in [3.63, 3.8) is 0 Å². The van der Waals surface area contributed by atoms with Gasteiger partial charge >= 0.3 is 0 Å². The van der Waals surface area contributed by atoms with Gasteiger partial charge in [-0.1, -0.05) is 51.1 Å². The molecule has 3 aliphatic rings. The predicted octanol–water partition coefficient (Wildman–Crippen LogP) is 3.09. The first-order valence-electron chi connectivity index (χ1n) is 13.4. The number of likely N-dealkylation sites (tertiary alicyclic amines) is 1. The van der Waals surface area contributed by atoms with Crippen LogP contribution in [0, 0.1) is 17.8 Å². The van der Waals surface area contributed by atoms with E-state index < -0.39 is 35.1 Å². The number of benzene rings is 2. The summed E-state index contributed by atoms with van der Waals surface area (Å²) in [5, 5.41) is 18.2. The molecular weight excluding hydrogens is 470 g/mol. The number of fused-ring (bicyclic) bond motifs is 2. The normalized spacial score (nSPS) is 33.0. The van der Waals surface area contributed by atoms with E-state index in [0.29, 0.717) is 25.1 Å². The van der Waals surface area contributed by atoms with E-state index in [-0.39, 0.29) is 30.2 Å². The second kappa shape index (κ2) is 9.40. The maximum atomic E-state index is 14.1. The third-order valence-electron chi connectivity index (χ3n) is 8.92. The molecule has 2 aromatic rings. The van der Waals surface area contributed by atoms with Crippen molar-refractivity contribution in [2.24, 2.45) is 17.8 Å². The minimum Gasteiger partial charge on any atom is -0.394 e. The molecule has 0 saturated carbocycles. The minimum absolute atomic E-state index is 0.0287. The van der Waals surface area contributed by atoms with Gasteiger partial charge in [-0.05, 0) is 55.0 Å². The smallest absolute Gasteiger partial charge is 0.250 e. The van der Waals surface area contributed by atoms with Crippen LogP contribution < -0.4 is 10.6 Å². The quantitative estimate of drug-likeness (QED) is 0.509. The molecule has 3 heterocycles. The van der Waals surface area contributed by atoms with Gasteiger partial charge < -0.3 is 25.4 Å². The lowest BCUT2D eigenvalue weighted by atomic mass is 9.62. The summed E-state index contributed by atoms with van der Waals surface area (Å²) in [7, 11) is 0. The van der Waals surface area contributed by atoms with Crippen LogP contribution in [0.1, 0.15) is 47.0 Å². The van der Waals surface area contributed by atoms with Crippen LogP contribution in [0.15, 0.2) is 42.5 Å². The Morgan fingerprint density at radius 1 is 1.16 bits per heavy atom. The molecule has 3 amide bonds. The first kappa shape index (κ1) is 25.7. The summed E-state index contributed by atoms with van der Waals surface area (Å²) in [6.07, 6.45) is 1.75. The molecule has 3 saturated heterocycles. The van der Waals surface area contributed by atoms with Crippen molar-refractivity contribution in [2.45, 2.75) is 70.2 Å². The molecule has 8 heteroatoms. The number of amides is 3. The molecule has 37 heavy (non-hydrogen) atoms. The largest absolute Gasteiger partial charge is 0.394 e. The number of aliphatic hydroxyl groups excluding tert-OH is 1. The van der Waals surface area contributed by atoms with Crippen molar-refractivity contribution in [3.8, 4) is 0 Å². The van der Waals surface area contributed by atoms with Gasteiger partial charge in [0.25, 0.3) is 0 Å². The average molecular weight is 508 g/mol. The number of aliphatic hydroxyl groups is 1. The Kier molecular flexibility index (Phi) is 6.52. The van der Waals surface area contributed by atoms with Gasteiger partial charge in [-0.2, -0.15) is 0 Å². The standard InChI is InChI=1S/C29H37N3O5/c1-5-13-30-25(34)22-23-27(36)32(21(6-2)16-33)24(29(23)15-17(3)28(22,4)37-29)26(35)31-20-12-11-18-9-7-8-10-19(18)14-20/h7-12,14,17,21-24,33H,5-6,13,15-16H2,1-4H3,(H,30,34)(H,31,35)/t17?,21-,22-,23-,24?,28+,29?/m0/s1. The van der Waals surface area contributed by atoms with Crippen molar-refractivity contribution in [3.05, 3.63) is 42.5 Å². The van der Waals surface area contributed by atoms with E-state index in [1.165, 1.54) is 4.90 Å². The summed E-state index contributed by atoms with van der Waals surface area (Å²) in [4.78, 5) is 43.1. The Morgan fingerprint density at radius 3 is 2.57 bits per heavy atom. The number of nitrogens with one attached hydrogen (secondary N) is 2. The van der Waals surface area contributed by atoms with E-state index in [1.54, 1.807) is 0 Å². The van der Waals surface area contributed by atoms with Crippen LogP contribution in [0.4, 0.5) is 5.69 Å². The number of carbonyl (C=O) groups excluding carboxylic acids is 3. The average Bonchev–Trinajstić information content (AvgIpc) is 3.40. The number of hydrogen-bond acceptors (Lipinski definition) is 5. The van der Waals surface area contributed by atoms with Gasteiger partial charge in [-0.3, -0.25) is 14.4 Å². The van der Waals surface area contributed by atoms with Gasteiger partial charge in [0.1, 0.15) is 11.6 Å². The molecule has 2 aromatic carbocycles. The van der Waals surface area contributed by atoms with Crippen LogP contribution in [0.25, 0.3) is 10.8 Å². The fourth-order valence-electron chi connectivity index (χ4n) is 7.02. The Bertz CT molecular complexity index is 1230. The van der Waals surface area contributed by atoms with Crippen molar-refractivity contribution >= 4 is 34.2 Å². The molecular formula is C29H37N3O5. The predicted molar refractivity (Wildman–Crippen MR) is 141 cm³/mol. The highest BCUT2D eigenvalue weighted by Gasteiger charge is 2.80. The summed E-state index contributed by atoms with van der Waals surface area (Å²) in [5.41, 5.74) is -1.37. The van der Waals surface area contributed by atoms with E-state index in [0.717, 1.165) is 17.2 Å². The van der Waals surface area contributed by atoms with Crippen LogP contribution in [-0.4, -0.2) is 64.2 Å². The Labute approximate surface area is 217 Å². The highest BCUT2D eigenvalue weighted by molar-refractivity contribution is 6.04. The van der Waals surface area contributed by atoms with Crippen LogP contribution in [0.3, 0.4) is 0 Å². The molecule has 5 rings (SSSR count). The van der Waals surface area contributed by atoms with Crippen molar-refractivity contribution < 1.29 is 24.2 Å². The number of nitrogens with zero attached hydrogens (tertiary/aromatic N) is 1. The molecule has 2 bridgehead atoms. The number of hydrogen-bond donors (Lipinski definition) is 3. The molecule has 7 atom stereocenters. The molecule has 198 valence electrons. The summed E-state index contributed by atoms with van der Waals surface area (Å²) in [6.45, 7) is 8.03. The van der Waals surface area contributed by atoms with E-state index in [1.807, 2.05) is 70.2 Å². The summed E-state index contributed by atoms with van der Waals surface area (Å²) < 4.78 is 6.71. The molecule has 3 unspecified atom stereocenters. The van der Waals surface area contributed by atoms with Gasteiger partial charge in [0.15, 0.2) is 0 Å². The minimum atomic E-state index is -1.14. The lowest BCUT2D eigenvalue weighted by Gasteiger charge is -2.36. The Balaban J connectivity index is 1.56. The highest BCUT2D eigenvalue weighted by atomic mass is 16.5. The first-order chi connectivity index (χ1) is 17.7. The molecule has 0 radical (unpaired) electrons. The third-order valence-corrected chi connectivity index (χ3v) is 8.92. The number of anilines is 1. The second-order valence-electron chi connectivity index (χ2n) is 11.0. The van der Waals surface area contributed by atoms with Gasteiger partial charge in [0, 0.05) is 12.2 Å². The van der Waals surface area contributed by atoms with Gasteiger partial charge in [0.05, 0.1) is 30.1 Å². The lowest BCUT2D eigenvalue weighted by molar-refractivity contribution is -0.149. The molecule has 3 fully saturated rings. The SMILES string of the molecule is CCCNC(=O)[C@@H]1[C@H]2C(=O)N([C@@H](CC)CO)C(C(=O)Nc3ccc4ccccc4c3)C23CC(C)[C@@]1(C)O3. The van der Waals surface area contributed by atoms with Crippen molar-refractivity contribution in [1.29, 1.82) is 0 Å². The summed E-state index contributed by atoms with van der Waals surface area (Å²) in [5.74, 6) is -2.36. The zero-order valence-electron chi connectivity index (χ0n) is 22.0. The van der Waals surface area contributed by atoms with Gasteiger partial charge in [0.2, 0.25) is 17.7 Å². The van der Waals surface area contributed by atoms with E-state index in [9.17, 15) is 19.5 Å². The third kappa shape index (κ3) is 3.76. The Morgan fingerprint density at radius 2 is 1.89 bits per heavy atom. The molecule has 0 aliphatic carbocycles. The summed E-state index contributed by atoms with van der Waals surface area (Å²) >= 11 is 0. The fourth-order valence-corrected chi connectivity index (χ4v) is 7.02. The van der Waals surface area contributed by atoms with E-state index in [2.05, 4.69) is 10.6 Å². The van der Waals surface area contributed by atoms with Crippen LogP contribution in [0.2, 0.25) is 0 Å². The van der Waals surface area contributed by atoms with E-state index in [4.69, 9.17) is 4.74 Å². The Hall–Kier alpha value is -2.97. The second-order valence-corrected chi connectivity index (χ2v) is 11.0. The zero-order valence-corrected chi connectivity index (χ0v) is 22.0. The monoisotopic (exact) mass is 507 g/mol. The first-order valence-corrected chi connectivity index (χ1v) is 13.4.